The lowest BCUT2D eigenvalue weighted by Gasteiger charge is -2.27. The average Bonchev–Trinajstić information content (AvgIpc) is 2.92. The van der Waals surface area contributed by atoms with Gasteiger partial charge in [-0.25, -0.2) is 0 Å². The zero-order valence-electron chi connectivity index (χ0n) is 9.32. The summed E-state index contributed by atoms with van der Waals surface area (Å²) in [4.78, 5) is 0. The predicted octanol–water partition coefficient (Wildman–Crippen LogP) is 2.21. The Bertz CT molecular complexity index is 385. The van der Waals surface area contributed by atoms with Crippen LogP contribution in [0.15, 0.2) is 24.3 Å². The predicted molar refractivity (Wildman–Crippen MR) is 68.0 cm³/mol. The van der Waals surface area contributed by atoms with Crippen LogP contribution in [0.4, 0.5) is 0 Å². The van der Waals surface area contributed by atoms with Crippen LogP contribution in [0.25, 0.3) is 0 Å². The van der Waals surface area contributed by atoms with Gasteiger partial charge >= 0.3 is 0 Å². The van der Waals surface area contributed by atoms with Crippen LogP contribution in [0.5, 0.6) is 5.75 Å². The molecule has 2 N–H and O–H groups in total. The quantitative estimate of drug-likeness (QED) is 0.869. The summed E-state index contributed by atoms with van der Waals surface area (Å²) >= 11 is 1.95. The summed E-state index contributed by atoms with van der Waals surface area (Å²) in [6.07, 6.45) is 3.68. The van der Waals surface area contributed by atoms with Gasteiger partial charge in [0.2, 0.25) is 0 Å². The maximum Gasteiger partial charge on any atom is 0.123 e. The van der Waals surface area contributed by atoms with Crippen molar-refractivity contribution >= 4 is 11.8 Å². The van der Waals surface area contributed by atoms with E-state index in [4.69, 9.17) is 10.5 Å². The molecule has 2 fully saturated rings. The van der Waals surface area contributed by atoms with Crippen molar-refractivity contribution in [2.75, 3.05) is 11.5 Å². The second kappa shape index (κ2) is 3.97. The van der Waals surface area contributed by atoms with Crippen LogP contribution in [0, 0.1) is 0 Å². The molecular formula is C13H17NOS. The van der Waals surface area contributed by atoms with Crippen molar-refractivity contribution in [1.82, 2.24) is 0 Å². The third-order valence-electron chi connectivity index (χ3n) is 3.31. The molecule has 1 aliphatic heterocycles. The maximum absolute atomic E-state index is 6.17. The van der Waals surface area contributed by atoms with Gasteiger partial charge in [0.05, 0.1) is 0 Å². The zero-order chi connectivity index (χ0) is 11.0. The first kappa shape index (κ1) is 10.5. The number of rotatable bonds is 4. The van der Waals surface area contributed by atoms with Crippen LogP contribution >= 0.6 is 11.8 Å². The van der Waals surface area contributed by atoms with Crippen LogP contribution in [0.3, 0.4) is 0 Å². The molecule has 0 bridgehead atoms. The molecular weight excluding hydrogens is 218 g/mol. The molecule has 86 valence electrons. The molecule has 2 aliphatic rings. The molecule has 1 aromatic rings. The van der Waals surface area contributed by atoms with Gasteiger partial charge in [0.1, 0.15) is 11.9 Å². The lowest BCUT2D eigenvalue weighted by Crippen LogP contribution is -2.32. The summed E-state index contributed by atoms with van der Waals surface area (Å²) in [5.74, 6) is 3.30. The van der Waals surface area contributed by atoms with Gasteiger partial charge in [0.15, 0.2) is 0 Å². The zero-order valence-corrected chi connectivity index (χ0v) is 10.1. The Labute approximate surface area is 101 Å². The normalized spacial score (nSPS) is 22.6. The fourth-order valence-electron chi connectivity index (χ4n) is 1.94. The topological polar surface area (TPSA) is 35.2 Å². The highest BCUT2D eigenvalue weighted by Gasteiger charge is 2.38. The number of hydrogen-bond acceptors (Lipinski definition) is 3. The first-order valence-electron chi connectivity index (χ1n) is 5.86. The summed E-state index contributed by atoms with van der Waals surface area (Å²) in [5, 5.41) is 0. The Morgan fingerprint density at radius 3 is 2.69 bits per heavy atom. The Hall–Kier alpha value is -0.670. The summed E-state index contributed by atoms with van der Waals surface area (Å²) < 4.78 is 5.98. The van der Waals surface area contributed by atoms with E-state index >= 15 is 0 Å². The van der Waals surface area contributed by atoms with Gasteiger partial charge in [0.25, 0.3) is 0 Å². The summed E-state index contributed by atoms with van der Waals surface area (Å²) in [7, 11) is 0. The van der Waals surface area contributed by atoms with Crippen molar-refractivity contribution < 1.29 is 4.74 Å². The lowest BCUT2D eigenvalue weighted by molar-refractivity contribution is 0.237. The van der Waals surface area contributed by atoms with Crippen molar-refractivity contribution in [3.63, 3.8) is 0 Å². The highest BCUT2D eigenvalue weighted by atomic mass is 32.2. The van der Waals surface area contributed by atoms with E-state index < -0.39 is 0 Å². The number of benzene rings is 1. The van der Waals surface area contributed by atoms with Gasteiger partial charge in [0, 0.05) is 17.0 Å². The van der Waals surface area contributed by atoms with Crippen molar-refractivity contribution in [3.05, 3.63) is 29.8 Å². The van der Waals surface area contributed by atoms with Crippen LogP contribution in [-0.2, 0) is 6.42 Å². The Balaban J connectivity index is 1.74. The van der Waals surface area contributed by atoms with Crippen molar-refractivity contribution in [1.29, 1.82) is 0 Å². The summed E-state index contributed by atoms with van der Waals surface area (Å²) in [6, 6.07) is 8.34. The van der Waals surface area contributed by atoms with E-state index in [1.807, 2.05) is 17.8 Å². The Kier molecular flexibility index (Phi) is 2.60. The first-order chi connectivity index (χ1) is 7.75. The minimum absolute atomic E-state index is 0.0633. The molecule has 0 amide bonds. The SMILES string of the molecule is NC1(Cc2ccccc2OC2CSC2)CC1. The third-order valence-corrected chi connectivity index (χ3v) is 4.52. The average molecular weight is 235 g/mol. The molecule has 1 aliphatic carbocycles. The maximum atomic E-state index is 6.17. The minimum atomic E-state index is 0.0633. The molecule has 0 atom stereocenters. The van der Waals surface area contributed by atoms with E-state index in [-0.39, 0.29) is 5.54 Å². The first-order valence-corrected chi connectivity index (χ1v) is 7.02. The smallest absolute Gasteiger partial charge is 0.123 e. The lowest BCUT2D eigenvalue weighted by atomic mass is 10.0. The van der Waals surface area contributed by atoms with Crippen molar-refractivity contribution in [2.24, 2.45) is 5.73 Å². The van der Waals surface area contributed by atoms with Gasteiger partial charge < -0.3 is 10.5 Å². The second-order valence-corrected chi connectivity index (χ2v) is 6.00. The Morgan fingerprint density at radius 2 is 2.06 bits per heavy atom. The molecule has 0 spiro atoms. The van der Waals surface area contributed by atoms with Gasteiger partial charge in [-0.15, -0.1) is 0 Å². The van der Waals surface area contributed by atoms with Crippen molar-refractivity contribution in [3.8, 4) is 5.75 Å². The van der Waals surface area contributed by atoms with Crippen LogP contribution < -0.4 is 10.5 Å². The second-order valence-electron chi connectivity index (χ2n) is 4.92. The van der Waals surface area contributed by atoms with Gasteiger partial charge in [-0.05, 0) is 30.9 Å². The Morgan fingerprint density at radius 1 is 1.31 bits per heavy atom. The van der Waals surface area contributed by atoms with Crippen LogP contribution in [0.2, 0.25) is 0 Å². The fourth-order valence-corrected chi connectivity index (χ4v) is 2.51. The van der Waals surface area contributed by atoms with Gasteiger partial charge in [-0.3, -0.25) is 0 Å². The number of nitrogens with two attached hydrogens (primary N) is 1. The largest absolute Gasteiger partial charge is 0.488 e. The molecule has 16 heavy (non-hydrogen) atoms. The number of hydrogen-bond donors (Lipinski definition) is 1. The third kappa shape index (κ3) is 2.20. The number of thioether (sulfide) groups is 1. The van der Waals surface area contributed by atoms with E-state index in [0.29, 0.717) is 6.10 Å². The van der Waals surface area contributed by atoms with Gasteiger partial charge in [-0.2, -0.15) is 11.8 Å². The molecule has 3 rings (SSSR count). The molecule has 1 aromatic carbocycles. The standard InChI is InChI=1S/C13H17NOS/c14-13(5-6-13)7-10-3-1-2-4-12(10)15-11-8-16-9-11/h1-4,11H,5-9,14H2. The van der Waals surface area contributed by atoms with E-state index in [1.165, 1.54) is 5.56 Å². The van der Waals surface area contributed by atoms with E-state index in [0.717, 1.165) is 36.5 Å². The molecule has 1 saturated heterocycles. The summed E-state index contributed by atoms with van der Waals surface area (Å²) in [6.45, 7) is 0. The molecule has 1 saturated carbocycles. The van der Waals surface area contributed by atoms with Crippen LogP contribution in [0.1, 0.15) is 18.4 Å². The fraction of sp³-hybridized carbons (Fsp3) is 0.538. The molecule has 0 aromatic heterocycles. The summed E-state index contributed by atoms with van der Waals surface area (Å²) in [5.41, 5.74) is 7.51. The molecule has 0 unspecified atom stereocenters. The highest BCUT2D eigenvalue weighted by Crippen LogP contribution is 2.38. The minimum Gasteiger partial charge on any atom is -0.488 e. The van der Waals surface area contributed by atoms with Gasteiger partial charge in [-0.1, -0.05) is 18.2 Å². The highest BCUT2D eigenvalue weighted by molar-refractivity contribution is 8.00. The number of para-hydroxylation sites is 1. The molecule has 1 heterocycles. The number of ether oxygens (including phenoxy) is 1. The van der Waals surface area contributed by atoms with E-state index in [1.54, 1.807) is 0 Å². The monoisotopic (exact) mass is 235 g/mol. The molecule has 3 heteroatoms. The van der Waals surface area contributed by atoms with Crippen LogP contribution in [-0.4, -0.2) is 23.1 Å². The molecule has 2 nitrogen and oxygen atoms in total. The van der Waals surface area contributed by atoms with Crippen molar-refractivity contribution in [2.45, 2.75) is 30.9 Å². The molecule has 0 radical (unpaired) electrons. The van der Waals surface area contributed by atoms with E-state index in [2.05, 4.69) is 18.2 Å². The van der Waals surface area contributed by atoms with E-state index in [9.17, 15) is 0 Å².